The fourth-order valence-electron chi connectivity index (χ4n) is 2.11. The van der Waals surface area contributed by atoms with Crippen LogP contribution in [0.25, 0.3) is 0 Å². The van der Waals surface area contributed by atoms with Gasteiger partial charge in [-0.2, -0.15) is 0 Å². The van der Waals surface area contributed by atoms with Crippen LogP contribution in [0.15, 0.2) is 18.2 Å². The zero-order chi connectivity index (χ0) is 13.5. The summed E-state index contributed by atoms with van der Waals surface area (Å²) in [7, 11) is 0. The van der Waals surface area contributed by atoms with E-state index in [2.05, 4.69) is 0 Å². The van der Waals surface area contributed by atoms with Gasteiger partial charge in [0.1, 0.15) is 5.75 Å². The second-order valence-corrected chi connectivity index (χ2v) is 5.68. The zero-order valence-electron chi connectivity index (χ0n) is 10.2. The molecule has 1 fully saturated rings. The number of aromatic hydroxyl groups is 1. The third-order valence-corrected chi connectivity index (χ3v) is 3.27. The van der Waals surface area contributed by atoms with E-state index in [9.17, 15) is 14.7 Å². The van der Waals surface area contributed by atoms with Gasteiger partial charge in [0.15, 0.2) is 0 Å². The van der Waals surface area contributed by atoms with Gasteiger partial charge in [-0.05, 0) is 17.5 Å². The zero-order valence-corrected chi connectivity index (χ0v) is 11.0. The van der Waals surface area contributed by atoms with Crippen molar-refractivity contribution < 1.29 is 14.7 Å². The Morgan fingerprint density at radius 1 is 1.22 bits per heavy atom. The van der Waals surface area contributed by atoms with E-state index in [1.54, 1.807) is 6.07 Å². The van der Waals surface area contributed by atoms with E-state index < -0.39 is 0 Å². The molecule has 0 radical (unpaired) electrons. The van der Waals surface area contributed by atoms with E-state index in [-0.39, 0.29) is 28.0 Å². The van der Waals surface area contributed by atoms with Crippen molar-refractivity contribution in [1.82, 2.24) is 0 Å². The molecule has 96 valence electrons. The lowest BCUT2D eigenvalue weighted by Gasteiger charge is -2.34. The summed E-state index contributed by atoms with van der Waals surface area (Å²) >= 11 is 5.70. The number of halogens is 1. The summed E-state index contributed by atoms with van der Waals surface area (Å²) in [6, 6.07) is 4.35. The number of nitrogens with zero attached hydrogens (tertiary/aromatic N) is 1. The van der Waals surface area contributed by atoms with Crippen molar-refractivity contribution in [2.24, 2.45) is 5.41 Å². The van der Waals surface area contributed by atoms with Crippen LogP contribution < -0.4 is 4.90 Å². The molecule has 1 aliphatic rings. The summed E-state index contributed by atoms with van der Waals surface area (Å²) in [4.78, 5) is 25.1. The van der Waals surface area contributed by atoms with Gasteiger partial charge in [-0.25, -0.2) is 0 Å². The van der Waals surface area contributed by atoms with Crippen molar-refractivity contribution in [3.05, 3.63) is 23.2 Å². The second-order valence-electron chi connectivity index (χ2n) is 5.28. The molecular weight excluding hydrogens is 254 g/mol. The van der Waals surface area contributed by atoms with Crippen LogP contribution in [0, 0.1) is 5.41 Å². The highest BCUT2D eigenvalue weighted by molar-refractivity contribution is 6.32. The van der Waals surface area contributed by atoms with Crippen LogP contribution in [0.2, 0.25) is 5.02 Å². The van der Waals surface area contributed by atoms with E-state index in [1.165, 1.54) is 12.1 Å². The van der Waals surface area contributed by atoms with Gasteiger partial charge in [0.2, 0.25) is 11.8 Å². The molecule has 4 nitrogen and oxygen atoms in total. The number of phenolic OH excluding ortho intramolecular Hbond substituents is 1. The van der Waals surface area contributed by atoms with Gasteiger partial charge in [0.05, 0.1) is 10.7 Å². The SMILES string of the molecule is CC1(C)CC(=O)N(c2ccc(Cl)c(O)c2)C(=O)C1. The van der Waals surface area contributed by atoms with Crippen LogP contribution in [-0.4, -0.2) is 16.9 Å². The summed E-state index contributed by atoms with van der Waals surface area (Å²) < 4.78 is 0. The molecule has 0 aliphatic carbocycles. The van der Waals surface area contributed by atoms with Crippen molar-refractivity contribution in [2.45, 2.75) is 26.7 Å². The molecule has 0 unspecified atom stereocenters. The molecule has 2 rings (SSSR count). The summed E-state index contributed by atoms with van der Waals surface area (Å²) in [5, 5.41) is 9.72. The summed E-state index contributed by atoms with van der Waals surface area (Å²) in [6.07, 6.45) is 0.615. The van der Waals surface area contributed by atoms with Crippen molar-refractivity contribution >= 4 is 29.1 Å². The van der Waals surface area contributed by atoms with E-state index in [0.717, 1.165) is 4.90 Å². The molecule has 0 saturated carbocycles. The molecule has 1 heterocycles. The van der Waals surface area contributed by atoms with E-state index >= 15 is 0 Å². The van der Waals surface area contributed by atoms with Gasteiger partial charge in [0.25, 0.3) is 0 Å². The van der Waals surface area contributed by atoms with Gasteiger partial charge < -0.3 is 5.11 Å². The van der Waals surface area contributed by atoms with Gasteiger partial charge in [-0.15, -0.1) is 0 Å². The maximum atomic E-state index is 12.0. The minimum absolute atomic E-state index is 0.139. The smallest absolute Gasteiger partial charge is 0.234 e. The first kappa shape index (κ1) is 12.9. The predicted molar refractivity (Wildman–Crippen MR) is 68.6 cm³/mol. The Bertz CT molecular complexity index is 505. The lowest BCUT2D eigenvalue weighted by atomic mass is 9.81. The Balaban J connectivity index is 2.36. The fraction of sp³-hybridized carbons (Fsp3) is 0.385. The number of hydrogen-bond donors (Lipinski definition) is 1. The van der Waals surface area contributed by atoms with Crippen molar-refractivity contribution in [1.29, 1.82) is 0 Å². The Morgan fingerprint density at radius 2 is 1.78 bits per heavy atom. The van der Waals surface area contributed by atoms with Crippen LogP contribution in [-0.2, 0) is 9.59 Å². The first-order valence-electron chi connectivity index (χ1n) is 5.64. The van der Waals surface area contributed by atoms with Crippen molar-refractivity contribution in [2.75, 3.05) is 4.90 Å². The van der Waals surface area contributed by atoms with E-state index in [1.807, 2.05) is 13.8 Å². The number of rotatable bonds is 1. The van der Waals surface area contributed by atoms with E-state index in [4.69, 9.17) is 11.6 Å². The monoisotopic (exact) mass is 267 g/mol. The average molecular weight is 268 g/mol. The minimum atomic E-state index is -0.306. The van der Waals surface area contributed by atoms with Crippen LogP contribution >= 0.6 is 11.6 Å². The van der Waals surface area contributed by atoms with Gasteiger partial charge in [-0.3, -0.25) is 14.5 Å². The van der Waals surface area contributed by atoms with Crippen LogP contribution in [0.5, 0.6) is 5.75 Å². The minimum Gasteiger partial charge on any atom is -0.506 e. The highest BCUT2D eigenvalue weighted by Gasteiger charge is 2.38. The van der Waals surface area contributed by atoms with Crippen LogP contribution in [0.4, 0.5) is 5.69 Å². The maximum absolute atomic E-state index is 12.0. The highest BCUT2D eigenvalue weighted by atomic mass is 35.5. The Kier molecular flexibility index (Phi) is 3.07. The van der Waals surface area contributed by atoms with Crippen molar-refractivity contribution in [3.63, 3.8) is 0 Å². The fourth-order valence-corrected chi connectivity index (χ4v) is 2.22. The number of carbonyl (C=O) groups excluding carboxylic acids is 2. The average Bonchev–Trinajstić information content (AvgIpc) is 2.20. The van der Waals surface area contributed by atoms with Crippen molar-refractivity contribution in [3.8, 4) is 5.75 Å². The van der Waals surface area contributed by atoms with Gasteiger partial charge >= 0.3 is 0 Å². The van der Waals surface area contributed by atoms with Crippen LogP contribution in [0.1, 0.15) is 26.7 Å². The highest BCUT2D eigenvalue weighted by Crippen LogP contribution is 2.36. The molecule has 0 spiro atoms. The molecule has 0 aromatic heterocycles. The predicted octanol–water partition coefficient (Wildman–Crippen LogP) is 2.73. The molecule has 1 aromatic rings. The topological polar surface area (TPSA) is 57.6 Å². The van der Waals surface area contributed by atoms with Gasteiger partial charge in [-0.1, -0.05) is 25.4 Å². The molecule has 1 N–H and O–H groups in total. The number of carbonyl (C=O) groups is 2. The first-order chi connectivity index (χ1) is 8.30. The molecule has 0 bridgehead atoms. The molecule has 1 aromatic carbocycles. The lowest BCUT2D eigenvalue weighted by molar-refractivity contribution is -0.132. The number of imide groups is 1. The summed E-state index contributed by atoms with van der Waals surface area (Å²) in [5.41, 5.74) is 0.0569. The third-order valence-electron chi connectivity index (χ3n) is 2.95. The van der Waals surface area contributed by atoms with Gasteiger partial charge in [0, 0.05) is 18.9 Å². The number of phenols is 1. The van der Waals surface area contributed by atoms with E-state index in [0.29, 0.717) is 18.5 Å². The number of hydrogen-bond acceptors (Lipinski definition) is 3. The molecule has 0 atom stereocenters. The standard InChI is InChI=1S/C13H14ClNO3/c1-13(2)6-11(17)15(12(18)7-13)8-3-4-9(14)10(16)5-8/h3-5,16H,6-7H2,1-2H3. The lowest BCUT2D eigenvalue weighted by Crippen LogP contribution is -2.46. The quantitative estimate of drug-likeness (QED) is 0.796. The second kappa shape index (κ2) is 4.28. The first-order valence-corrected chi connectivity index (χ1v) is 6.02. The molecule has 2 amide bonds. The number of benzene rings is 1. The molecular formula is C13H14ClNO3. The third kappa shape index (κ3) is 2.34. The molecule has 1 aliphatic heterocycles. The largest absolute Gasteiger partial charge is 0.506 e. The summed E-state index contributed by atoms with van der Waals surface area (Å²) in [5.74, 6) is -0.643. The maximum Gasteiger partial charge on any atom is 0.234 e. The normalized spacial score (nSPS) is 19.2. The number of piperidine rings is 1. The molecule has 5 heteroatoms. The van der Waals surface area contributed by atoms with Crippen LogP contribution in [0.3, 0.4) is 0 Å². The Hall–Kier alpha value is -1.55. The molecule has 1 saturated heterocycles. The Morgan fingerprint density at radius 3 is 2.28 bits per heavy atom. The summed E-state index contributed by atoms with van der Waals surface area (Å²) in [6.45, 7) is 3.78. The number of anilines is 1. The molecule has 18 heavy (non-hydrogen) atoms. The number of amides is 2. The Labute approximate surface area is 110 Å².